The minimum absolute atomic E-state index is 0.145. The Hall–Kier alpha value is -3.10. The van der Waals surface area contributed by atoms with Crippen molar-refractivity contribution in [3.05, 3.63) is 35.7 Å². The predicted molar refractivity (Wildman–Crippen MR) is 141 cm³/mol. The molecule has 2 amide bonds. The Balaban J connectivity index is 1.58. The zero-order chi connectivity index (χ0) is 26.5. The van der Waals surface area contributed by atoms with Crippen molar-refractivity contribution >= 4 is 23.6 Å². The summed E-state index contributed by atoms with van der Waals surface area (Å²) in [5.41, 5.74) is 1.05. The first-order valence-corrected chi connectivity index (χ1v) is 12.9. The lowest BCUT2D eigenvalue weighted by molar-refractivity contribution is -0.120. The third kappa shape index (κ3) is 8.24. The number of carbonyl (C=O) groups is 2. The molecule has 0 aromatic carbocycles. The van der Waals surface area contributed by atoms with E-state index in [9.17, 15) is 9.59 Å². The van der Waals surface area contributed by atoms with Gasteiger partial charge in [0.05, 0.1) is 23.3 Å². The molecule has 0 aliphatic heterocycles. The predicted octanol–water partition coefficient (Wildman–Crippen LogP) is 4.86. The fraction of sp³-hybridized carbons (Fsp3) is 0.630. The zero-order valence-corrected chi connectivity index (χ0v) is 22.8. The van der Waals surface area contributed by atoms with Crippen LogP contribution in [0.2, 0.25) is 0 Å². The van der Waals surface area contributed by atoms with Gasteiger partial charge in [-0.3, -0.25) is 4.79 Å². The Morgan fingerprint density at radius 2 is 1.81 bits per heavy atom. The first-order chi connectivity index (χ1) is 16.8. The number of alkyl carbamates (subject to hydrolysis) is 1. The number of nitrogens with zero attached hydrogens (tertiary/aromatic N) is 3. The summed E-state index contributed by atoms with van der Waals surface area (Å²) < 4.78 is 7.21. The van der Waals surface area contributed by atoms with Crippen molar-refractivity contribution in [3.8, 4) is 0 Å². The molecule has 0 spiro atoms. The normalized spacial score (nSPS) is 18.1. The van der Waals surface area contributed by atoms with E-state index in [0.29, 0.717) is 24.0 Å². The minimum atomic E-state index is -0.556. The third-order valence-corrected chi connectivity index (χ3v) is 6.00. The summed E-state index contributed by atoms with van der Waals surface area (Å²) >= 11 is 0. The summed E-state index contributed by atoms with van der Waals surface area (Å²) in [5, 5.41) is 13.8. The Labute approximate surface area is 214 Å². The van der Waals surface area contributed by atoms with Crippen LogP contribution in [0.1, 0.15) is 85.0 Å². The van der Waals surface area contributed by atoms with Crippen LogP contribution in [-0.2, 0) is 21.5 Å². The van der Waals surface area contributed by atoms with Crippen molar-refractivity contribution in [3.63, 3.8) is 0 Å². The van der Waals surface area contributed by atoms with E-state index in [2.05, 4.69) is 54.7 Å². The summed E-state index contributed by atoms with van der Waals surface area (Å²) in [6.45, 7) is 14.7. The van der Waals surface area contributed by atoms with Crippen LogP contribution in [0.15, 0.2) is 24.3 Å². The number of carbonyl (C=O) groups excluding carboxylic acids is 2. The smallest absolute Gasteiger partial charge is 0.407 e. The molecule has 1 aliphatic carbocycles. The van der Waals surface area contributed by atoms with Crippen LogP contribution in [0, 0.1) is 5.92 Å². The van der Waals surface area contributed by atoms with Crippen LogP contribution in [0.25, 0.3) is 0 Å². The summed E-state index contributed by atoms with van der Waals surface area (Å²) in [7, 11) is 0. The van der Waals surface area contributed by atoms with Crippen LogP contribution < -0.4 is 16.0 Å². The van der Waals surface area contributed by atoms with Gasteiger partial charge in [-0.15, -0.1) is 0 Å². The van der Waals surface area contributed by atoms with E-state index in [4.69, 9.17) is 9.84 Å². The molecule has 3 rings (SSSR count). The molecule has 1 saturated carbocycles. The van der Waals surface area contributed by atoms with E-state index in [-0.39, 0.29) is 24.4 Å². The van der Waals surface area contributed by atoms with Gasteiger partial charge in [0.25, 0.3) is 0 Å². The summed E-state index contributed by atoms with van der Waals surface area (Å²) in [4.78, 5) is 28.7. The van der Waals surface area contributed by atoms with Crippen LogP contribution in [0.3, 0.4) is 0 Å². The van der Waals surface area contributed by atoms with Crippen LogP contribution in [-0.4, -0.2) is 45.5 Å². The Kier molecular flexibility index (Phi) is 8.63. The lowest BCUT2D eigenvalue weighted by Gasteiger charge is -2.22. The van der Waals surface area contributed by atoms with Crippen molar-refractivity contribution in [2.75, 3.05) is 18.4 Å². The van der Waals surface area contributed by atoms with Crippen LogP contribution in [0.4, 0.5) is 16.4 Å². The molecule has 9 heteroatoms. The highest BCUT2D eigenvalue weighted by atomic mass is 16.6. The maximum Gasteiger partial charge on any atom is 0.407 e. The van der Waals surface area contributed by atoms with Crippen molar-refractivity contribution in [2.45, 2.75) is 91.2 Å². The van der Waals surface area contributed by atoms with Gasteiger partial charge in [-0.25, -0.2) is 14.5 Å². The molecule has 198 valence electrons. The topological polar surface area (TPSA) is 110 Å². The van der Waals surface area contributed by atoms with Crippen molar-refractivity contribution < 1.29 is 14.3 Å². The van der Waals surface area contributed by atoms with Gasteiger partial charge in [0, 0.05) is 25.1 Å². The molecule has 9 nitrogen and oxygen atoms in total. The number of nitrogens with one attached hydrogen (secondary N) is 3. The first-order valence-electron chi connectivity index (χ1n) is 12.9. The Bertz CT molecular complexity index is 1050. The Morgan fingerprint density at radius 3 is 2.44 bits per heavy atom. The molecular weight excluding hydrogens is 456 g/mol. The molecule has 2 aromatic heterocycles. The number of amides is 2. The first kappa shape index (κ1) is 27.5. The maximum absolute atomic E-state index is 12.4. The average molecular weight is 499 g/mol. The van der Waals surface area contributed by atoms with E-state index < -0.39 is 11.7 Å². The second kappa shape index (κ2) is 11.3. The highest BCUT2D eigenvalue weighted by molar-refractivity contribution is 5.78. The van der Waals surface area contributed by atoms with Crippen molar-refractivity contribution in [1.29, 1.82) is 0 Å². The molecule has 2 heterocycles. The molecule has 1 aliphatic rings. The van der Waals surface area contributed by atoms with Gasteiger partial charge in [0.15, 0.2) is 0 Å². The number of ether oxygens (including phenoxy) is 1. The van der Waals surface area contributed by atoms with E-state index in [1.807, 2.05) is 22.9 Å². The van der Waals surface area contributed by atoms with E-state index >= 15 is 0 Å². The van der Waals surface area contributed by atoms with Gasteiger partial charge < -0.3 is 20.7 Å². The van der Waals surface area contributed by atoms with Crippen LogP contribution in [0.5, 0.6) is 0 Å². The highest BCUT2D eigenvalue weighted by Gasteiger charge is 2.28. The monoisotopic (exact) mass is 498 g/mol. The zero-order valence-electron chi connectivity index (χ0n) is 22.8. The molecule has 1 fully saturated rings. The standard InChI is InChI=1S/C27H42N6O3/c1-18-11-12-19(15-18)21-17-23(33(32-21)26(2,3)4)31-22-10-8-9-20(30-22)16-24(34)28-13-14-29-25(35)36-27(5,6)7/h8-10,17-19H,11-16H2,1-7H3,(H,28,34)(H,29,35)(H,30,31)/t18-,19+/m1/s1. The van der Waals surface area contributed by atoms with E-state index in [0.717, 1.165) is 17.4 Å². The molecule has 36 heavy (non-hydrogen) atoms. The number of aromatic nitrogens is 3. The Morgan fingerprint density at radius 1 is 1.08 bits per heavy atom. The maximum atomic E-state index is 12.4. The number of hydrogen-bond acceptors (Lipinski definition) is 6. The van der Waals surface area contributed by atoms with Gasteiger partial charge in [0.1, 0.15) is 17.2 Å². The molecule has 0 saturated heterocycles. The number of rotatable bonds is 8. The summed E-state index contributed by atoms with van der Waals surface area (Å²) in [5.74, 6) is 2.65. The second-order valence-corrected chi connectivity index (χ2v) is 11.7. The second-order valence-electron chi connectivity index (χ2n) is 11.7. The largest absolute Gasteiger partial charge is 0.444 e. The fourth-order valence-electron chi connectivity index (χ4n) is 4.36. The van der Waals surface area contributed by atoms with Crippen molar-refractivity contribution in [1.82, 2.24) is 25.4 Å². The lowest BCUT2D eigenvalue weighted by Crippen LogP contribution is -2.38. The van der Waals surface area contributed by atoms with Crippen molar-refractivity contribution in [2.24, 2.45) is 5.92 Å². The van der Waals surface area contributed by atoms with Crippen LogP contribution >= 0.6 is 0 Å². The number of anilines is 2. The minimum Gasteiger partial charge on any atom is -0.444 e. The molecular formula is C27H42N6O3. The van der Waals surface area contributed by atoms with Gasteiger partial charge >= 0.3 is 6.09 Å². The fourth-order valence-corrected chi connectivity index (χ4v) is 4.36. The lowest BCUT2D eigenvalue weighted by atomic mass is 10.0. The molecule has 0 radical (unpaired) electrons. The van der Waals surface area contributed by atoms with Gasteiger partial charge in [0.2, 0.25) is 5.91 Å². The molecule has 2 atom stereocenters. The van der Waals surface area contributed by atoms with Gasteiger partial charge in [-0.2, -0.15) is 5.10 Å². The molecule has 0 unspecified atom stereocenters. The average Bonchev–Trinajstić information content (AvgIpc) is 3.36. The number of pyridine rings is 1. The van der Waals surface area contributed by atoms with Gasteiger partial charge in [-0.1, -0.05) is 19.4 Å². The molecule has 0 bridgehead atoms. The van der Waals surface area contributed by atoms with E-state index in [1.165, 1.54) is 19.3 Å². The summed E-state index contributed by atoms with van der Waals surface area (Å²) in [6.07, 6.45) is 3.25. The third-order valence-electron chi connectivity index (χ3n) is 6.00. The highest BCUT2D eigenvalue weighted by Crippen LogP contribution is 2.39. The summed E-state index contributed by atoms with van der Waals surface area (Å²) in [6, 6.07) is 7.76. The van der Waals surface area contributed by atoms with E-state index in [1.54, 1.807) is 20.8 Å². The number of hydrogen-bond donors (Lipinski definition) is 3. The molecule has 2 aromatic rings. The molecule has 3 N–H and O–H groups in total. The quantitative estimate of drug-likeness (QED) is 0.448. The SMILES string of the molecule is C[C@@H]1CC[C@H](c2cc(Nc3cccc(CC(=O)NCCNC(=O)OC(C)(C)C)n3)n(C(C)(C)C)n2)C1. The van der Waals surface area contributed by atoms with Gasteiger partial charge in [-0.05, 0) is 72.4 Å².